The Kier molecular flexibility index (Phi) is 3.53. The van der Waals surface area contributed by atoms with Crippen LogP contribution in [0.25, 0.3) is 10.8 Å². The SMILES string of the molecule is Brc1ccc2c(c1)C1(CCCCC1)C(c1cc3ccccc3cn1)=N2. The fraction of sp³-hybridized carbons (Fsp3) is 0.273. The number of rotatable bonds is 1. The van der Waals surface area contributed by atoms with E-state index in [1.54, 1.807) is 0 Å². The van der Waals surface area contributed by atoms with Crippen molar-refractivity contribution in [1.29, 1.82) is 0 Å². The molecule has 3 heteroatoms. The first-order valence-electron chi connectivity index (χ1n) is 9.01. The van der Waals surface area contributed by atoms with Crippen LogP contribution in [0.3, 0.4) is 0 Å². The van der Waals surface area contributed by atoms with Crippen molar-refractivity contribution >= 4 is 38.1 Å². The summed E-state index contributed by atoms with van der Waals surface area (Å²) in [6.07, 6.45) is 8.18. The lowest BCUT2D eigenvalue weighted by atomic mass is 9.66. The third kappa shape index (κ3) is 2.36. The number of aromatic nitrogens is 1. The van der Waals surface area contributed by atoms with Gasteiger partial charge in [0.25, 0.3) is 0 Å². The summed E-state index contributed by atoms with van der Waals surface area (Å²) in [5.41, 5.74) is 4.74. The van der Waals surface area contributed by atoms with E-state index in [-0.39, 0.29) is 5.41 Å². The molecule has 2 heterocycles. The van der Waals surface area contributed by atoms with Gasteiger partial charge >= 0.3 is 0 Å². The van der Waals surface area contributed by atoms with E-state index >= 15 is 0 Å². The lowest BCUT2D eigenvalue weighted by molar-refractivity contribution is 0.385. The Morgan fingerprint density at radius 3 is 2.52 bits per heavy atom. The molecule has 0 amide bonds. The highest BCUT2D eigenvalue weighted by molar-refractivity contribution is 9.10. The number of hydrogen-bond donors (Lipinski definition) is 0. The van der Waals surface area contributed by atoms with Gasteiger partial charge in [0.1, 0.15) is 0 Å². The Balaban J connectivity index is 1.71. The summed E-state index contributed by atoms with van der Waals surface area (Å²) in [4.78, 5) is 9.88. The summed E-state index contributed by atoms with van der Waals surface area (Å²) in [5.74, 6) is 0. The summed E-state index contributed by atoms with van der Waals surface area (Å²) in [6, 6.07) is 17.2. The van der Waals surface area contributed by atoms with Gasteiger partial charge in [-0.2, -0.15) is 0 Å². The van der Waals surface area contributed by atoms with Gasteiger partial charge in [-0.3, -0.25) is 4.98 Å². The van der Waals surface area contributed by atoms with Gasteiger partial charge < -0.3 is 0 Å². The van der Waals surface area contributed by atoms with Gasteiger partial charge in [0, 0.05) is 21.5 Å². The van der Waals surface area contributed by atoms with Crippen LogP contribution in [0.1, 0.15) is 43.4 Å². The topological polar surface area (TPSA) is 25.2 Å². The van der Waals surface area contributed by atoms with Crippen molar-refractivity contribution in [3.05, 3.63) is 70.5 Å². The summed E-state index contributed by atoms with van der Waals surface area (Å²) in [5, 5.41) is 2.42. The van der Waals surface area contributed by atoms with Crippen molar-refractivity contribution in [2.24, 2.45) is 4.99 Å². The molecule has 0 bridgehead atoms. The number of halogens is 1. The number of hydrogen-bond acceptors (Lipinski definition) is 2. The van der Waals surface area contributed by atoms with Gasteiger partial charge in [-0.15, -0.1) is 0 Å². The standard InChI is InChI=1S/C22H19BrN2/c23-17-8-9-19-18(13-17)22(10-4-1-5-11-22)21(25-19)20-12-15-6-2-3-7-16(15)14-24-20/h2-3,6-9,12-14H,1,4-5,10-11H2. The molecule has 25 heavy (non-hydrogen) atoms. The van der Waals surface area contributed by atoms with Crippen molar-refractivity contribution in [3.8, 4) is 0 Å². The van der Waals surface area contributed by atoms with Crippen LogP contribution in [0.2, 0.25) is 0 Å². The number of aliphatic imine (C=N–C) groups is 1. The molecular weight excluding hydrogens is 372 g/mol. The lowest BCUT2D eigenvalue weighted by Gasteiger charge is -2.35. The number of benzene rings is 2. The monoisotopic (exact) mass is 390 g/mol. The summed E-state index contributed by atoms with van der Waals surface area (Å²) >= 11 is 3.66. The van der Waals surface area contributed by atoms with Crippen molar-refractivity contribution in [2.75, 3.05) is 0 Å². The minimum atomic E-state index is 0.0345. The normalized spacial score (nSPS) is 18.4. The molecule has 2 nitrogen and oxygen atoms in total. The molecule has 2 aliphatic rings. The molecule has 1 aliphatic heterocycles. The average Bonchev–Trinajstić information content (AvgIpc) is 2.95. The fourth-order valence-electron chi connectivity index (χ4n) is 4.52. The molecule has 0 N–H and O–H groups in total. The maximum absolute atomic E-state index is 5.08. The van der Waals surface area contributed by atoms with Gasteiger partial charge in [0.05, 0.1) is 17.1 Å². The molecule has 5 rings (SSSR count). The number of fused-ring (bicyclic) bond motifs is 3. The Hall–Kier alpha value is -2.00. The largest absolute Gasteiger partial charge is 0.254 e. The predicted molar refractivity (Wildman–Crippen MR) is 107 cm³/mol. The quantitative estimate of drug-likeness (QED) is 0.476. The molecule has 0 unspecified atom stereocenters. The van der Waals surface area contributed by atoms with E-state index in [1.807, 2.05) is 6.20 Å². The molecule has 124 valence electrons. The van der Waals surface area contributed by atoms with Crippen LogP contribution in [-0.4, -0.2) is 10.7 Å². The van der Waals surface area contributed by atoms with Crippen molar-refractivity contribution in [3.63, 3.8) is 0 Å². The lowest BCUT2D eigenvalue weighted by Crippen LogP contribution is -2.36. The van der Waals surface area contributed by atoms with E-state index in [2.05, 4.69) is 64.5 Å². The van der Waals surface area contributed by atoms with Crippen LogP contribution in [0, 0.1) is 0 Å². The second kappa shape index (κ2) is 5.77. The van der Waals surface area contributed by atoms with E-state index in [0.29, 0.717) is 0 Å². The summed E-state index contributed by atoms with van der Waals surface area (Å²) in [7, 11) is 0. The molecule has 0 saturated heterocycles. The average molecular weight is 391 g/mol. The van der Waals surface area contributed by atoms with Gasteiger partial charge in [-0.05, 0) is 48.1 Å². The third-order valence-corrected chi connectivity index (χ3v) is 6.23. The van der Waals surface area contributed by atoms with Gasteiger partial charge in [-0.25, -0.2) is 4.99 Å². The molecular formula is C22H19BrN2. The molecule has 1 aliphatic carbocycles. The second-order valence-corrected chi connectivity index (χ2v) is 8.10. The van der Waals surface area contributed by atoms with Crippen LogP contribution in [-0.2, 0) is 5.41 Å². The second-order valence-electron chi connectivity index (χ2n) is 7.18. The molecule has 1 aromatic heterocycles. The van der Waals surface area contributed by atoms with Crippen molar-refractivity contribution in [1.82, 2.24) is 4.98 Å². The molecule has 1 fully saturated rings. The van der Waals surface area contributed by atoms with Gasteiger partial charge in [0.2, 0.25) is 0 Å². The zero-order chi connectivity index (χ0) is 16.9. The van der Waals surface area contributed by atoms with E-state index in [4.69, 9.17) is 9.98 Å². The fourth-order valence-corrected chi connectivity index (χ4v) is 4.88. The van der Waals surface area contributed by atoms with E-state index < -0.39 is 0 Å². The smallest absolute Gasteiger partial charge is 0.0860 e. The minimum Gasteiger partial charge on any atom is -0.254 e. The van der Waals surface area contributed by atoms with E-state index in [1.165, 1.54) is 54.2 Å². The zero-order valence-corrected chi connectivity index (χ0v) is 15.6. The van der Waals surface area contributed by atoms with Gasteiger partial charge in [-0.1, -0.05) is 59.5 Å². The first-order chi connectivity index (χ1) is 12.3. The molecule has 2 aromatic carbocycles. The van der Waals surface area contributed by atoms with Crippen LogP contribution in [0.5, 0.6) is 0 Å². The highest BCUT2D eigenvalue weighted by atomic mass is 79.9. The number of nitrogens with zero attached hydrogens (tertiary/aromatic N) is 2. The molecule has 1 saturated carbocycles. The molecule has 3 aromatic rings. The molecule has 0 radical (unpaired) electrons. The Bertz CT molecular complexity index is 1000. The van der Waals surface area contributed by atoms with Crippen LogP contribution in [0.4, 0.5) is 5.69 Å². The summed E-state index contributed by atoms with van der Waals surface area (Å²) < 4.78 is 1.14. The first-order valence-corrected chi connectivity index (χ1v) is 9.80. The maximum atomic E-state index is 5.08. The minimum absolute atomic E-state index is 0.0345. The van der Waals surface area contributed by atoms with E-state index in [0.717, 1.165) is 15.9 Å². The highest BCUT2D eigenvalue weighted by Gasteiger charge is 2.45. The Labute approximate surface area is 156 Å². The number of pyridine rings is 1. The van der Waals surface area contributed by atoms with Crippen molar-refractivity contribution in [2.45, 2.75) is 37.5 Å². The van der Waals surface area contributed by atoms with Gasteiger partial charge in [0.15, 0.2) is 0 Å². The first kappa shape index (κ1) is 15.3. The Morgan fingerprint density at radius 1 is 0.880 bits per heavy atom. The van der Waals surface area contributed by atoms with Crippen LogP contribution >= 0.6 is 15.9 Å². The zero-order valence-electron chi connectivity index (χ0n) is 14.0. The molecule has 1 spiro atoms. The third-order valence-electron chi connectivity index (χ3n) is 5.74. The van der Waals surface area contributed by atoms with Crippen LogP contribution in [0.15, 0.2) is 64.2 Å². The van der Waals surface area contributed by atoms with Crippen molar-refractivity contribution < 1.29 is 0 Å². The summed E-state index contributed by atoms with van der Waals surface area (Å²) in [6.45, 7) is 0. The predicted octanol–water partition coefficient (Wildman–Crippen LogP) is 6.33. The Morgan fingerprint density at radius 2 is 1.68 bits per heavy atom. The maximum Gasteiger partial charge on any atom is 0.0860 e. The van der Waals surface area contributed by atoms with E-state index in [9.17, 15) is 0 Å². The molecule has 0 atom stereocenters. The highest BCUT2D eigenvalue weighted by Crippen LogP contribution is 2.51. The van der Waals surface area contributed by atoms with Crippen LogP contribution < -0.4 is 0 Å².